The van der Waals surface area contributed by atoms with Gasteiger partial charge in [-0.2, -0.15) is 13.2 Å². The molecule has 1 aromatic rings. The molecule has 0 radical (unpaired) electrons. The van der Waals surface area contributed by atoms with Crippen molar-refractivity contribution in [3.8, 4) is 0 Å². The van der Waals surface area contributed by atoms with Gasteiger partial charge in [0.15, 0.2) is 0 Å². The third kappa shape index (κ3) is 2.17. The molecule has 3 nitrogen and oxygen atoms in total. The molecule has 0 atom stereocenters. The highest BCUT2D eigenvalue weighted by Gasteiger charge is 2.43. The van der Waals surface area contributed by atoms with Crippen molar-refractivity contribution in [2.45, 2.75) is 30.5 Å². The average Bonchev–Trinajstić information content (AvgIpc) is 2.49. The zero-order valence-electron chi connectivity index (χ0n) is 10.1. The lowest BCUT2D eigenvalue weighted by molar-refractivity contribution is -0.137. The summed E-state index contributed by atoms with van der Waals surface area (Å²) < 4.78 is 62.7. The van der Waals surface area contributed by atoms with E-state index in [4.69, 9.17) is 0 Å². The highest BCUT2D eigenvalue weighted by molar-refractivity contribution is 7.96. The van der Waals surface area contributed by atoms with Crippen molar-refractivity contribution < 1.29 is 26.7 Å². The van der Waals surface area contributed by atoms with Gasteiger partial charge in [0.25, 0.3) is 0 Å². The Labute approximate surface area is 108 Å². The number of fused-ring (bicyclic) bond motifs is 1. The van der Waals surface area contributed by atoms with Crippen molar-refractivity contribution in [3.05, 3.63) is 34.2 Å². The van der Waals surface area contributed by atoms with Crippen LogP contribution in [0.15, 0.2) is 28.0 Å². The highest BCUT2D eigenvalue weighted by Crippen LogP contribution is 2.43. The van der Waals surface area contributed by atoms with E-state index < -0.39 is 42.5 Å². The molecule has 1 aliphatic rings. The molecule has 2 rings (SSSR count). The van der Waals surface area contributed by atoms with E-state index in [2.05, 4.69) is 0 Å². The number of alkyl halides is 3. The van der Waals surface area contributed by atoms with E-state index in [0.29, 0.717) is 0 Å². The predicted molar refractivity (Wildman–Crippen MR) is 62.9 cm³/mol. The van der Waals surface area contributed by atoms with Crippen molar-refractivity contribution in [1.29, 1.82) is 0 Å². The third-order valence-electron chi connectivity index (χ3n) is 2.83. The lowest BCUT2D eigenvalue weighted by Gasteiger charge is -2.18. The van der Waals surface area contributed by atoms with E-state index in [1.807, 2.05) is 0 Å². The van der Waals surface area contributed by atoms with E-state index >= 15 is 0 Å². The second-order valence-electron chi connectivity index (χ2n) is 4.79. The second-order valence-corrected chi connectivity index (χ2v) is 6.67. The zero-order valence-corrected chi connectivity index (χ0v) is 10.9. The van der Waals surface area contributed by atoms with Crippen LogP contribution in [0.4, 0.5) is 13.2 Å². The van der Waals surface area contributed by atoms with Crippen molar-refractivity contribution in [1.82, 2.24) is 0 Å². The summed E-state index contributed by atoms with van der Waals surface area (Å²) in [6, 6.07) is 2.97. The van der Waals surface area contributed by atoms with Crippen LogP contribution in [0.3, 0.4) is 0 Å². The number of aliphatic hydroxyl groups is 1. The first-order valence-electron chi connectivity index (χ1n) is 5.35. The van der Waals surface area contributed by atoms with Crippen molar-refractivity contribution >= 4 is 15.9 Å². The molecule has 1 N–H and O–H groups in total. The van der Waals surface area contributed by atoms with Gasteiger partial charge in [-0.25, -0.2) is 8.42 Å². The predicted octanol–water partition coefficient (Wildman–Crippen LogP) is 2.60. The Morgan fingerprint density at radius 3 is 2.21 bits per heavy atom. The Morgan fingerprint density at radius 1 is 1.16 bits per heavy atom. The molecular weight excluding hydrogens is 281 g/mol. The van der Waals surface area contributed by atoms with Crippen LogP contribution in [0.1, 0.15) is 25.0 Å². The number of halogens is 3. The van der Waals surface area contributed by atoms with Crippen molar-refractivity contribution in [3.63, 3.8) is 0 Å². The number of hydrogen-bond donors (Lipinski definition) is 1. The summed E-state index contributed by atoms with van der Waals surface area (Å²) in [5.74, 6) is 0. The third-order valence-corrected chi connectivity index (χ3v) is 4.96. The molecule has 0 unspecified atom stereocenters. The molecule has 1 heterocycles. The first-order valence-corrected chi connectivity index (χ1v) is 6.84. The van der Waals surface area contributed by atoms with Crippen LogP contribution in [0.5, 0.6) is 0 Å². The van der Waals surface area contributed by atoms with Crippen LogP contribution >= 0.6 is 0 Å². The summed E-state index contributed by atoms with van der Waals surface area (Å²) >= 11 is 0. The summed E-state index contributed by atoms with van der Waals surface area (Å²) in [5.41, 5.74) is -3.17. The maximum Gasteiger partial charge on any atom is 0.417 e. The monoisotopic (exact) mass is 292 g/mol. The summed E-state index contributed by atoms with van der Waals surface area (Å²) in [5, 5.41) is 9.79. The van der Waals surface area contributed by atoms with E-state index in [-0.39, 0.29) is 0 Å². The zero-order chi connectivity index (χ0) is 14.6. The van der Waals surface area contributed by atoms with E-state index in [0.717, 1.165) is 24.3 Å². The normalized spacial score (nSPS) is 18.1. The molecule has 0 amide bonds. The van der Waals surface area contributed by atoms with Gasteiger partial charge in [0.2, 0.25) is 9.84 Å². The van der Waals surface area contributed by atoms with Crippen LogP contribution in [-0.4, -0.2) is 19.1 Å². The Hall–Kier alpha value is -1.34. The Kier molecular flexibility index (Phi) is 2.84. The smallest absolute Gasteiger partial charge is 0.385 e. The first-order chi connectivity index (χ1) is 8.45. The Balaban J connectivity index is 2.79. The van der Waals surface area contributed by atoms with Crippen LogP contribution in [-0.2, 0) is 16.0 Å². The minimum atomic E-state index is -4.65. The SMILES string of the molecule is CC(C)(O)C1=Cc2c(C(F)(F)F)cccc2S1(=O)=O. The lowest BCUT2D eigenvalue weighted by Crippen LogP contribution is -2.25. The summed E-state index contributed by atoms with van der Waals surface area (Å²) in [6.45, 7) is 2.44. The standard InChI is InChI=1S/C12H11F3O3S/c1-11(2,16)10-6-7-8(12(13,14)15)4-3-5-9(7)19(10,17)18/h3-6,16H,1-2H3. The molecule has 19 heavy (non-hydrogen) atoms. The van der Waals surface area contributed by atoms with Gasteiger partial charge in [0, 0.05) is 5.56 Å². The fourth-order valence-electron chi connectivity index (χ4n) is 2.01. The molecule has 0 bridgehead atoms. The van der Waals surface area contributed by atoms with Crippen LogP contribution in [0.2, 0.25) is 0 Å². The lowest BCUT2D eigenvalue weighted by atomic mass is 10.0. The van der Waals surface area contributed by atoms with E-state index in [9.17, 15) is 26.7 Å². The number of benzene rings is 1. The molecule has 1 aromatic carbocycles. The van der Waals surface area contributed by atoms with Crippen molar-refractivity contribution in [2.24, 2.45) is 0 Å². The molecule has 0 saturated heterocycles. The van der Waals surface area contributed by atoms with Crippen LogP contribution in [0, 0.1) is 0 Å². The van der Waals surface area contributed by atoms with Gasteiger partial charge in [-0.3, -0.25) is 0 Å². The maximum atomic E-state index is 12.8. The first kappa shape index (κ1) is 14.1. The summed E-state index contributed by atoms with van der Waals surface area (Å²) in [7, 11) is -4.08. The number of sulfone groups is 1. The molecule has 0 saturated carbocycles. The van der Waals surface area contributed by atoms with Gasteiger partial charge in [0.05, 0.1) is 21.0 Å². The Morgan fingerprint density at radius 2 is 1.74 bits per heavy atom. The number of hydrogen-bond acceptors (Lipinski definition) is 3. The molecule has 0 spiro atoms. The van der Waals surface area contributed by atoms with Gasteiger partial charge >= 0.3 is 6.18 Å². The summed E-state index contributed by atoms with van der Waals surface area (Å²) in [6.07, 6.45) is -3.75. The van der Waals surface area contributed by atoms with E-state index in [1.165, 1.54) is 13.8 Å². The van der Waals surface area contributed by atoms with Crippen molar-refractivity contribution in [2.75, 3.05) is 0 Å². The topological polar surface area (TPSA) is 54.4 Å². The van der Waals surface area contributed by atoms with Gasteiger partial charge in [0.1, 0.15) is 0 Å². The van der Waals surface area contributed by atoms with Gasteiger partial charge in [-0.1, -0.05) is 6.07 Å². The molecule has 0 fully saturated rings. The van der Waals surface area contributed by atoms with Crippen LogP contribution in [0.25, 0.3) is 6.08 Å². The Bertz CT molecular complexity index is 664. The molecule has 1 aliphatic heterocycles. The quantitative estimate of drug-likeness (QED) is 0.865. The molecular formula is C12H11F3O3S. The second kappa shape index (κ2) is 3.83. The molecule has 104 valence electrons. The van der Waals surface area contributed by atoms with Gasteiger partial charge < -0.3 is 5.11 Å². The fourth-order valence-corrected chi connectivity index (χ4v) is 3.89. The fraction of sp³-hybridized carbons (Fsp3) is 0.333. The average molecular weight is 292 g/mol. The number of rotatable bonds is 1. The summed E-state index contributed by atoms with van der Waals surface area (Å²) in [4.78, 5) is -0.842. The van der Waals surface area contributed by atoms with Crippen LogP contribution < -0.4 is 0 Å². The maximum absolute atomic E-state index is 12.8. The largest absolute Gasteiger partial charge is 0.417 e. The molecule has 0 aliphatic carbocycles. The highest BCUT2D eigenvalue weighted by atomic mass is 32.2. The molecule has 0 aromatic heterocycles. The van der Waals surface area contributed by atoms with Gasteiger partial charge in [-0.15, -0.1) is 0 Å². The minimum Gasteiger partial charge on any atom is -0.385 e. The molecule has 7 heteroatoms. The van der Waals surface area contributed by atoms with Gasteiger partial charge in [-0.05, 0) is 32.1 Å². The van der Waals surface area contributed by atoms with E-state index in [1.54, 1.807) is 0 Å². The minimum absolute atomic E-state index is 0.410.